The van der Waals surface area contributed by atoms with Crippen molar-refractivity contribution in [2.45, 2.75) is 6.10 Å². The minimum Gasteiger partial charge on any atom is -0.480 e. The zero-order chi connectivity index (χ0) is 13.4. The Morgan fingerprint density at radius 3 is 2.63 bits per heavy atom. The molecule has 1 unspecified atom stereocenters. The van der Waals surface area contributed by atoms with E-state index in [-0.39, 0.29) is 0 Å². The highest BCUT2D eigenvalue weighted by Gasteiger charge is 2.23. The molecular formula is C14H10ClF2NO. The number of nitrogens with one attached hydrogen (secondary N) is 1. The zero-order valence-corrected chi connectivity index (χ0v) is 10.5. The van der Waals surface area contributed by atoms with Gasteiger partial charge < -0.3 is 10.1 Å². The Kier molecular flexibility index (Phi) is 3.03. The molecule has 0 amide bonds. The summed E-state index contributed by atoms with van der Waals surface area (Å²) in [7, 11) is 0. The van der Waals surface area contributed by atoms with E-state index in [0.717, 1.165) is 11.8 Å². The second-order valence-corrected chi connectivity index (χ2v) is 4.71. The van der Waals surface area contributed by atoms with Crippen LogP contribution in [-0.2, 0) is 0 Å². The molecule has 0 fully saturated rings. The zero-order valence-electron chi connectivity index (χ0n) is 9.79. The molecule has 0 spiro atoms. The minimum absolute atomic E-state index is 0.427. The summed E-state index contributed by atoms with van der Waals surface area (Å²) in [4.78, 5) is 0. The highest BCUT2D eigenvalue weighted by atomic mass is 35.5. The second-order valence-electron chi connectivity index (χ2n) is 4.31. The third-order valence-corrected chi connectivity index (χ3v) is 3.26. The lowest BCUT2D eigenvalue weighted by Crippen LogP contribution is -2.24. The van der Waals surface area contributed by atoms with Gasteiger partial charge in [0.05, 0.1) is 17.3 Å². The summed E-state index contributed by atoms with van der Waals surface area (Å²) >= 11 is 6.04. The van der Waals surface area contributed by atoms with Crippen LogP contribution in [0.15, 0.2) is 36.4 Å². The fourth-order valence-electron chi connectivity index (χ4n) is 2.10. The summed E-state index contributed by atoms with van der Waals surface area (Å²) < 4.78 is 32.2. The lowest BCUT2D eigenvalue weighted by atomic mass is 10.1. The molecule has 2 nitrogen and oxygen atoms in total. The van der Waals surface area contributed by atoms with Gasteiger partial charge in [-0.2, -0.15) is 0 Å². The number of fused-ring (bicyclic) bond motifs is 1. The van der Waals surface area contributed by atoms with Crippen molar-refractivity contribution in [3.05, 3.63) is 58.6 Å². The average Bonchev–Trinajstić information content (AvgIpc) is 2.38. The van der Waals surface area contributed by atoms with E-state index < -0.39 is 17.7 Å². The highest BCUT2D eigenvalue weighted by Crippen LogP contribution is 2.39. The van der Waals surface area contributed by atoms with Crippen LogP contribution in [0, 0.1) is 11.6 Å². The molecule has 5 heteroatoms. The van der Waals surface area contributed by atoms with E-state index in [4.69, 9.17) is 16.3 Å². The third kappa shape index (κ3) is 2.36. The number of ether oxygens (including phenoxy) is 1. The van der Waals surface area contributed by atoms with Gasteiger partial charge in [0.1, 0.15) is 17.7 Å². The van der Waals surface area contributed by atoms with Crippen molar-refractivity contribution in [3.63, 3.8) is 0 Å². The second kappa shape index (κ2) is 4.70. The molecule has 1 heterocycles. The Bertz CT molecular complexity index is 613. The fraction of sp³-hybridized carbons (Fsp3) is 0.143. The molecule has 0 radical (unpaired) electrons. The molecule has 0 saturated heterocycles. The van der Waals surface area contributed by atoms with Gasteiger partial charge in [-0.05, 0) is 29.8 Å². The van der Waals surface area contributed by atoms with Gasteiger partial charge in [0.25, 0.3) is 0 Å². The van der Waals surface area contributed by atoms with Crippen molar-refractivity contribution in [2.75, 3.05) is 11.9 Å². The Morgan fingerprint density at radius 2 is 1.89 bits per heavy atom. The van der Waals surface area contributed by atoms with Gasteiger partial charge in [0.15, 0.2) is 5.75 Å². The quantitative estimate of drug-likeness (QED) is 0.847. The molecule has 1 atom stereocenters. The van der Waals surface area contributed by atoms with Gasteiger partial charge in [-0.25, -0.2) is 8.78 Å². The Morgan fingerprint density at radius 1 is 1.16 bits per heavy atom. The summed E-state index contributed by atoms with van der Waals surface area (Å²) in [5.41, 5.74) is 1.22. The van der Waals surface area contributed by atoms with Crippen LogP contribution < -0.4 is 10.1 Å². The lowest BCUT2D eigenvalue weighted by Gasteiger charge is -2.28. The van der Waals surface area contributed by atoms with E-state index in [2.05, 4.69) is 5.32 Å². The first-order valence-corrected chi connectivity index (χ1v) is 6.16. The maximum Gasteiger partial charge on any atom is 0.161 e. The molecule has 1 N–H and O–H groups in total. The van der Waals surface area contributed by atoms with Crippen molar-refractivity contribution in [1.82, 2.24) is 0 Å². The number of para-hydroxylation sites is 1. The van der Waals surface area contributed by atoms with Crippen LogP contribution in [0.3, 0.4) is 0 Å². The molecule has 98 valence electrons. The molecule has 0 bridgehead atoms. The first-order chi connectivity index (χ1) is 9.13. The summed E-state index contributed by atoms with van der Waals surface area (Å²) in [6.07, 6.45) is -0.474. The Balaban J connectivity index is 1.95. The Hall–Kier alpha value is -1.81. The van der Waals surface area contributed by atoms with E-state index in [1.807, 2.05) is 6.07 Å². The fourth-order valence-corrected chi connectivity index (χ4v) is 2.32. The van der Waals surface area contributed by atoms with Gasteiger partial charge >= 0.3 is 0 Å². The van der Waals surface area contributed by atoms with Gasteiger partial charge in [-0.1, -0.05) is 17.7 Å². The van der Waals surface area contributed by atoms with Crippen molar-refractivity contribution in [3.8, 4) is 5.75 Å². The third-order valence-electron chi connectivity index (χ3n) is 2.96. The minimum atomic E-state index is -0.622. The Labute approximate surface area is 114 Å². The van der Waals surface area contributed by atoms with E-state index in [0.29, 0.717) is 22.9 Å². The van der Waals surface area contributed by atoms with Gasteiger partial charge in [-0.3, -0.25) is 0 Å². The highest BCUT2D eigenvalue weighted by molar-refractivity contribution is 6.32. The number of anilines is 1. The molecule has 0 saturated carbocycles. The van der Waals surface area contributed by atoms with Gasteiger partial charge in [0, 0.05) is 6.07 Å². The summed E-state index contributed by atoms with van der Waals surface area (Å²) in [6.45, 7) is 0.427. The maximum absolute atomic E-state index is 13.2. The van der Waals surface area contributed by atoms with Gasteiger partial charge in [-0.15, -0.1) is 0 Å². The van der Waals surface area contributed by atoms with Crippen molar-refractivity contribution in [1.29, 1.82) is 0 Å². The van der Waals surface area contributed by atoms with Crippen LogP contribution in [-0.4, -0.2) is 6.54 Å². The van der Waals surface area contributed by atoms with E-state index in [9.17, 15) is 8.78 Å². The number of halogens is 3. The van der Waals surface area contributed by atoms with Crippen LogP contribution in [0.1, 0.15) is 11.7 Å². The van der Waals surface area contributed by atoms with Crippen molar-refractivity contribution < 1.29 is 13.5 Å². The van der Waals surface area contributed by atoms with Gasteiger partial charge in [0.2, 0.25) is 0 Å². The van der Waals surface area contributed by atoms with E-state index in [1.54, 1.807) is 12.1 Å². The molecule has 1 aliphatic rings. The standard InChI is InChI=1S/C14H10ClF2NO/c15-11-2-1-3-12-14(11)19-13(7-18-12)8-4-9(16)6-10(17)5-8/h1-6,13,18H,7H2. The van der Waals surface area contributed by atoms with Crippen LogP contribution in [0.25, 0.3) is 0 Å². The lowest BCUT2D eigenvalue weighted by molar-refractivity contribution is 0.209. The monoisotopic (exact) mass is 281 g/mol. The molecule has 2 aromatic carbocycles. The number of rotatable bonds is 1. The molecule has 1 aliphatic heterocycles. The maximum atomic E-state index is 13.2. The average molecular weight is 282 g/mol. The van der Waals surface area contributed by atoms with Crippen LogP contribution >= 0.6 is 11.6 Å². The first-order valence-electron chi connectivity index (χ1n) is 5.78. The van der Waals surface area contributed by atoms with Crippen LogP contribution in [0.5, 0.6) is 5.75 Å². The SMILES string of the molecule is Fc1cc(F)cc(C2CNc3cccc(Cl)c3O2)c1. The summed E-state index contributed by atoms with van der Waals surface area (Å²) in [5.74, 6) is -0.739. The smallest absolute Gasteiger partial charge is 0.161 e. The summed E-state index contributed by atoms with van der Waals surface area (Å²) in [5, 5.41) is 3.60. The number of hydrogen-bond acceptors (Lipinski definition) is 2. The normalized spacial score (nSPS) is 17.3. The summed E-state index contributed by atoms with van der Waals surface area (Å²) in [6, 6.07) is 8.70. The molecule has 3 rings (SSSR count). The largest absolute Gasteiger partial charge is 0.480 e. The molecule has 0 aliphatic carbocycles. The van der Waals surface area contributed by atoms with E-state index >= 15 is 0 Å². The number of hydrogen-bond donors (Lipinski definition) is 1. The topological polar surface area (TPSA) is 21.3 Å². The molecule has 0 aromatic heterocycles. The predicted octanol–water partition coefficient (Wildman–Crippen LogP) is 4.16. The van der Waals surface area contributed by atoms with Crippen molar-refractivity contribution >= 4 is 17.3 Å². The molecular weight excluding hydrogens is 272 g/mol. The first kappa shape index (κ1) is 12.2. The molecule has 19 heavy (non-hydrogen) atoms. The van der Waals surface area contributed by atoms with E-state index in [1.165, 1.54) is 12.1 Å². The van der Waals surface area contributed by atoms with Crippen LogP contribution in [0.2, 0.25) is 5.02 Å². The van der Waals surface area contributed by atoms with Crippen LogP contribution in [0.4, 0.5) is 14.5 Å². The predicted molar refractivity (Wildman–Crippen MR) is 69.7 cm³/mol. The van der Waals surface area contributed by atoms with Crippen molar-refractivity contribution in [2.24, 2.45) is 0 Å². The molecule has 2 aromatic rings. The number of benzene rings is 2.